The molecule has 9 nitrogen and oxygen atoms in total. The molecule has 0 aliphatic heterocycles. The first-order valence-corrected chi connectivity index (χ1v) is 14.0. The second kappa shape index (κ2) is 11.8. The van der Waals surface area contributed by atoms with Gasteiger partial charge in [0, 0.05) is 34.3 Å². The zero-order valence-electron chi connectivity index (χ0n) is 24.4. The average molecular weight is 624 g/mol. The second-order valence-electron chi connectivity index (χ2n) is 10.4. The average Bonchev–Trinajstić information content (AvgIpc) is 3.33. The number of aryl methyl sites for hydroxylation is 1. The Morgan fingerprint density at radius 2 is 1.61 bits per heavy atom. The molecule has 0 saturated carbocycles. The summed E-state index contributed by atoms with van der Waals surface area (Å²) in [5.41, 5.74) is 2.21. The Balaban J connectivity index is 1.31. The van der Waals surface area contributed by atoms with Gasteiger partial charge in [0.05, 0.1) is 27.6 Å². The second-order valence-corrected chi connectivity index (χ2v) is 10.4. The molecule has 6 aromatic rings. The van der Waals surface area contributed by atoms with Crippen LogP contribution < -0.4 is 10.3 Å². The van der Waals surface area contributed by atoms with E-state index in [1.807, 2.05) is 60.9 Å². The number of para-hydroxylation sites is 1. The third-order valence-electron chi connectivity index (χ3n) is 7.37. The Hall–Kier alpha value is -6.04. The van der Waals surface area contributed by atoms with E-state index in [4.69, 9.17) is 9.72 Å². The van der Waals surface area contributed by atoms with Crippen LogP contribution in [0.1, 0.15) is 22.5 Å². The number of rotatable bonds is 7. The molecule has 0 unspecified atom stereocenters. The van der Waals surface area contributed by atoms with E-state index in [2.05, 4.69) is 5.10 Å². The molecule has 0 bridgehead atoms. The Labute approximate surface area is 259 Å². The largest absolute Gasteiger partial charge is 0.450 e. The van der Waals surface area contributed by atoms with Gasteiger partial charge in [0.1, 0.15) is 5.75 Å². The van der Waals surface area contributed by atoms with Gasteiger partial charge < -0.3 is 9.30 Å². The van der Waals surface area contributed by atoms with Crippen LogP contribution in [0.4, 0.5) is 18.9 Å². The SMILES string of the molecule is Cc1cc(C=Nn2c(-c3ccccc3)nc3ccccc3c2=O)c(C)n1-c1ccc(Oc2ccc(C(F)(F)F)cc2[N+](=O)[O-])cc1. The lowest BCUT2D eigenvalue weighted by atomic mass is 10.2. The summed E-state index contributed by atoms with van der Waals surface area (Å²) in [4.78, 5) is 28.8. The van der Waals surface area contributed by atoms with Gasteiger partial charge in [0.25, 0.3) is 5.56 Å². The predicted octanol–water partition coefficient (Wildman–Crippen LogP) is 8.07. The van der Waals surface area contributed by atoms with Gasteiger partial charge in [-0.2, -0.15) is 22.9 Å². The van der Waals surface area contributed by atoms with Crippen molar-refractivity contribution in [3.8, 4) is 28.6 Å². The van der Waals surface area contributed by atoms with Crippen LogP contribution >= 0.6 is 0 Å². The molecule has 0 spiro atoms. The molecule has 0 saturated heterocycles. The van der Waals surface area contributed by atoms with Crippen molar-refractivity contribution in [1.82, 2.24) is 14.2 Å². The van der Waals surface area contributed by atoms with Crippen molar-refractivity contribution in [1.29, 1.82) is 0 Å². The first kappa shape index (κ1) is 30.0. The number of nitro groups is 1. The Morgan fingerprint density at radius 3 is 2.30 bits per heavy atom. The zero-order chi connectivity index (χ0) is 32.6. The lowest BCUT2D eigenvalue weighted by Crippen LogP contribution is -2.20. The van der Waals surface area contributed by atoms with Crippen LogP contribution in [0.5, 0.6) is 11.5 Å². The van der Waals surface area contributed by atoms with E-state index in [9.17, 15) is 28.1 Å². The summed E-state index contributed by atoms with van der Waals surface area (Å²) in [7, 11) is 0. The van der Waals surface area contributed by atoms with E-state index in [0.717, 1.165) is 40.3 Å². The third kappa shape index (κ3) is 5.75. The molecular formula is C34H24F3N5O4. The molecule has 0 amide bonds. The molecule has 0 aliphatic carbocycles. The molecule has 6 rings (SSSR count). The first-order chi connectivity index (χ1) is 22.0. The van der Waals surface area contributed by atoms with Gasteiger partial charge in [-0.25, -0.2) is 4.98 Å². The van der Waals surface area contributed by atoms with E-state index >= 15 is 0 Å². The van der Waals surface area contributed by atoms with Crippen molar-refractivity contribution in [3.05, 3.63) is 146 Å². The lowest BCUT2D eigenvalue weighted by molar-refractivity contribution is -0.385. The minimum Gasteiger partial charge on any atom is -0.450 e. The maximum absolute atomic E-state index is 13.5. The van der Waals surface area contributed by atoms with Crippen LogP contribution in [0, 0.1) is 24.0 Å². The van der Waals surface area contributed by atoms with Gasteiger partial charge in [0.2, 0.25) is 5.75 Å². The molecular weight excluding hydrogens is 599 g/mol. The minimum atomic E-state index is -4.73. The first-order valence-electron chi connectivity index (χ1n) is 14.0. The number of nitro benzene ring substituents is 1. The summed E-state index contributed by atoms with van der Waals surface area (Å²) in [6, 6.07) is 27.0. The van der Waals surface area contributed by atoms with E-state index in [1.165, 1.54) is 4.68 Å². The van der Waals surface area contributed by atoms with Crippen molar-refractivity contribution >= 4 is 22.8 Å². The van der Waals surface area contributed by atoms with Crippen molar-refractivity contribution < 1.29 is 22.8 Å². The van der Waals surface area contributed by atoms with Gasteiger partial charge in [0.15, 0.2) is 5.82 Å². The number of halogens is 3. The molecule has 230 valence electrons. The van der Waals surface area contributed by atoms with Crippen LogP contribution in [0.3, 0.4) is 0 Å². The van der Waals surface area contributed by atoms with Crippen molar-refractivity contribution in [3.63, 3.8) is 0 Å². The summed E-state index contributed by atoms with van der Waals surface area (Å²) in [6.07, 6.45) is -3.13. The lowest BCUT2D eigenvalue weighted by Gasteiger charge is -2.12. The maximum atomic E-state index is 13.5. The number of nitrogens with zero attached hydrogens (tertiary/aromatic N) is 5. The summed E-state index contributed by atoms with van der Waals surface area (Å²) in [6.45, 7) is 3.79. The molecule has 0 N–H and O–H groups in total. The number of hydrogen-bond donors (Lipinski definition) is 0. The van der Waals surface area contributed by atoms with Gasteiger partial charge in [-0.3, -0.25) is 14.9 Å². The highest BCUT2D eigenvalue weighted by Gasteiger charge is 2.33. The summed E-state index contributed by atoms with van der Waals surface area (Å²) < 4.78 is 48.0. The fraction of sp³-hybridized carbons (Fsp3) is 0.0882. The normalized spacial score (nSPS) is 11.8. The summed E-state index contributed by atoms with van der Waals surface area (Å²) >= 11 is 0. The van der Waals surface area contributed by atoms with Crippen LogP contribution in [0.2, 0.25) is 0 Å². The number of fused-ring (bicyclic) bond motifs is 1. The number of aromatic nitrogens is 3. The third-order valence-corrected chi connectivity index (χ3v) is 7.37. The highest BCUT2D eigenvalue weighted by Crippen LogP contribution is 2.38. The zero-order valence-corrected chi connectivity index (χ0v) is 24.4. The number of benzene rings is 4. The summed E-state index contributed by atoms with van der Waals surface area (Å²) in [5, 5.41) is 16.5. The highest BCUT2D eigenvalue weighted by atomic mass is 19.4. The highest BCUT2D eigenvalue weighted by molar-refractivity contribution is 5.83. The monoisotopic (exact) mass is 623 g/mol. The van der Waals surface area contributed by atoms with Crippen LogP contribution in [-0.4, -0.2) is 25.4 Å². The quantitative estimate of drug-likeness (QED) is 0.102. The Morgan fingerprint density at radius 1 is 0.913 bits per heavy atom. The standard InChI is InChI=1S/C34H24F3N5O4/c1-21-18-24(20-38-41-32(23-8-4-3-5-9-23)39-29-11-7-6-10-28(29)33(41)43)22(2)40(21)26-13-15-27(16-14-26)46-31-17-12-25(34(35,36)37)19-30(31)42(44)45/h3-20H,1-2H3. The molecule has 0 radical (unpaired) electrons. The van der Waals surface area contributed by atoms with Crippen molar-refractivity contribution in [2.45, 2.75) is 20.0 Å². The number of ether oxygens (including phenoxy) is 1. The fourth-order valence-corrected chi connectivity index (χ4v) is 5.15. The molecule has 2 heterocycles. The van der Waals surface area contributed by atoms with Gasteiger partial charge in [-0.05, 0) is 68.4 Å². The number of alkyl halides is 3. The van der Waals surface area contributed by atoms with Crippen LogP contribution in [-0.2, 0) is 6.18 Å². The van der Waals surface area contributed by atoms with Crippen LogP contribution in [0.25, 0.3) is 28.0 Å². The molecule has 46 heavy (non-hydrogen) atoms. The van der Waals surface area contributed by atoms with Crippen molar-refractivity contribution in [2.24, 2.45) is 5.10 Å². The predicted molar refractivity (Wildman–Crippen MR) is 168 cm³/mol. The molecule has 4 aromatic carbocycles. The maximum Gasteiger partial charge on any atom is 0.416 e. The van der Waals surface area contributed by atoms with Gasteiger partial charge >= 0.3 is 11.9 Å². The topological polar surface area (TPSA) is 105 Å². The minimum absolute atomic E-state index is 0.201. The molecule has 0 atom stereocenters. The fourth-order valence-electron chi connectivity index (χ4n) is 5.15. The van der Waals surface area contributed by atoms with Gasteiger partial charge in [-0.15, -0.1) is 0 Å². The number of hydrogen-bond acceptors (Lipinski definition) is 6. The van der Waals surface area contributed by atoms with Crippen LogP contribution in [0.15, 0.2) is 113 Å². The molecule has 0 aliphatic rings. The van der Waals surface area contributed by atoms with Gasteiger partial charge in [-0.1, -0.05) is 42.5 Å². The van der Waals surface area contributed by atoms with E-state index in [0.29, 0.717) is 22.8 Å². The molecule has 12 heteroatoms. The molecule has 2 aromatic heterocycles. The van der Waals surface area contributed by atoms with E-state index in [1.54, 1.807) is 48.7 Å². The molecule has 0 fully saturated rings. The van der Waals surface area contributed by atoms with E-state index in [-0.39, 0.29) is 17.1 Å². The Kier molecular flexibility index (Phi) is 7.70. The van der Waals surface area contributed by atoms with Crippen molar-refractivity contribution in [2.75, 3.05) is 0 Å². The smallest absolute Gasteiger partial charge is 0.416 e. The summed E-state index contributed by atoms with van der Waals surface area (Å²) in [5.74, 6) is 0.288. The van der Waals surface area contributed by atoms with E-state index < -0.39 is 22.4 Å². The Bertz CT molecular complexity index is 2190.